The molecule has 1 spiro atoms. The molecule has 164 valence electrons. The van der Waals surface area contributed by atoms with Crippen molar-refractivity contribution in [1.29, 1.82) is 0 Å². The second-order valence-corrected chi connectivity index (χ2v) is 9.81. The third-order valence-corrected chi connectivity index (χ3v) is 7.90. The maximum atomic E-state index is 13.6. The monoisotopic (exact) mass is 440 g/mol. The maximum Gasteiger partial charge on any atom is 0.255 e. The van der Waals surface area contributed by atoms with Crippen molar-refractivity contribution in [3.8, 4) is 0 Å². The highest BCUT2D eigenvalue weighted by atomic mass is 32.2. The fourth-order valence-electron chi connectivity index (χ4n) is 4.52. The van der Waals surface area contributed by atoms with E-state index in [1.807, 2.05) is 21.9 Å². The molecule has 0 aromatic heterocycles. The summed E-state index contributed by atoms with van der Waals surface area (Å²) in [7, 11) is 0. The van der Waals surface area contributed by atoms with E-state index in [0.29, 0.717) is 25.2 Å². The average molecular weight is 441 g/mol. The van der Waals surface area contributed by atoms with E-state index in [-0.39, 0.29) is 16.7 Å². The van der Waals surface area contributed by atoms with Crippen LogP contribution < -0.4 is 0 Å². The number of carbonyl (C=O) groups is 2. The summed E-state index contributed by atoms with van der Waals surface area (Å²) in [6.07, 6.45) is 4.83. The number of halogens is 1. The molecule has 4 rings (SSSR count). The Morgan fingerprint density at radius 2 is 1.74 bits per heavy atom. The van der Waals surface area contributed by atoms with Gasteiger partial charge >= 0.3 is 0 Å². The zero-order valence-electron chi connectivity index (χ0n) is 18.0. The molecule has 4 nitrogen and oxygen atoms in total. The molecule has 0 atom stereocenters. The first-order valence-electron chi connectivity index (χ1n) is 11.1. The molecule has 0 bridgehead atoms. The van der Waals surface area contributed by atoms with Crippen LogP contribution in [0.3, 0.4) is 0 Å². The first-order valence-corrected chi connectivity index (χ1v) is 12.1. The molecule has 6 heteroatoms. The summed E-state index contributed by atoms with van der Waals surface area (Å²) in [5, 5.41) is 0. The lowest BCUT2D eigenvalue weighted by molar-refractivity contribution is 0.0497. The Bertz CT molecular complexity index is 939. The predicted molar refractivity (Wildman–Crippen MR) is 123 cm³/mol. The number of hydrogen-bond donors (Lipinski definition) is 0. The first kappa shape index (κ1) is 21.9. The number of unbranched alkanes of at least 4 members (excludes halogenated alkanes) is 1. The van der Waals surface area contributed by atoms with Gasteiger partial charge in [0.2, 0.25) is 0 Å². The van der Waals surface area contributed by atoms with Gasteiger partial charge in [-0.15, -0.1) is 11.8 Å². The maximum absolute atomic E-state index is 13.6. The lowest BCUT2D eigenvalue weighted by Crippen LogP contribution is -2.53. The van der Waals surface area contributed by atoms with Crippen molar-refractivity contribution in [3.63, 3.8) is 0 Å². The molecule has 0 unspecified atom stereocenters. The molecule has 0 saturated carbocycles. The highest BCUT2D eigenvalue weighted by Crippen LogP contribution is 2.44. The van der Waals surface area contributed by atoms with E-state index in [4.69, 9.17) is 0 Å². The molecule has 2 aromatic carbocycles. The molecule has 2 heterocycles. The minimum atomic E-state index is -0.395. The van der Waals surface area contributed by atoms with Gasteiger partial charge in [0.15, 0.2) is 0 Å². The molecule has 31 heavy (non-hydrogen) atoms. The third-order valence-electron chi connectivity index (χ3n) is 6.35. The number of likely N-dealkylation sites (tertiary alicyclic amines) is 1. The van der Waals surface area contributed by atoms with Gasteiger partial charge in [0, 0.05) is 36.5 Å². The van der Waals surface area contributed by atoms with Crippen molar-refractivity contribution in [2.45, 2.75) is 43.9 Å². The Morgan fingerprint density at radius 1 is 1.00 bits per heavy atom. The van der Waals surface area contributed by atoms with Crippen LogP contribution in [0.2, 0.25) is 0 Å². The van der Waals surface area contributed by atoms with Crippen molar-refractivity contribution >= 4 is 23.6 Å². The number of thioether (sulfide) groups is 1. The molecule has 2 fully saturated rings. The standard InChI is InChI=1S/C25H29FN2O2S/c1-2-3-5-19-8-10-20(11-9-19)23(29)27-14-12-25(13-15-27)28(16-17-31-25)24(30)21-6-4-7-22(26)18-21/h4,6-11,18H,2-3,5,12-17H2,1H3. The van der Waals surface area contributed by atoms with E-state index in [9.17, 15) is 14.0 Å². The molecular formula is C25H29FN2O2S. The number of piperidine rings is 1. The third kappa shape index (κ3) is 4.64. The normalized spacial score (nSPS) is 17.9. The zero-order valence-corrected chi connectivity index (χ0v) is 18.8. The van der Waals surface area contributed by atoms with Crippen molar-refractivity contribution in [1.82, 2.24) is 9.80 Å². The van der Waals surface area contributed by atoms with Gasteiger partial charge in [-0.25, -0.2) is 4.39 Å². The molecule has 0 aliphatic carbocycles. The highest BCUT2D eigenvalue weighted by molar-refractivity contribution is 8.00. The minimum Gasteiger partial charge on any atom is -0.338 e. The van der Waals surface area contributed by atoms with Crippen LogP contribution in [0.1, 0.15) is 58.9 Å². The summed E-state index contributed by atoms with van der Waals surface area (Å²) in [6.45, 7) is 4.08. The zero-order chi connectivity index (χ0) is 21.8. The molecular weight excluding hydrogens is 411 g/mol. The SMILES string of the molecule is CCCCc1ccc(C(=O)N2CCC3(CC2)SCCN3C(=O)c2cccc(F)c2)cc1. The number of hydrogen-bond acceptors (Lipinski definition) is 3. The number of benzene rings is 2. The van der Waals surface area contributed by atoms with Crippen LogP contribution in [0, 0.1) is 5.82 Å². The largest absolute Gasteiger partial charge is 0.338 e. The van der Waals surface area contributed by atoms with E-state index in [1.165, 1.54) is 17.7 Å². The summed E-state index contributed by atoms with van der Waals surface area (Å²) in [4.78, 5) is 29.6. The lowest BCUT2D eigenvalue weighted by Gasteiger charge is -2.44. The molecule has 2 aliphatic rings. The van der Waals surface area contributed by atoms with Gasteiger partial charge < -0.3 is 9.80 Å². The molecule has 0 radical (unpaired) electrons. The number of aryl methyl sites for hydroxylation is 1. The van der Waals surface area contributed by atoms with Crippen LogP contribution in [-0.2, 0) is 6.42 Å². The molecule has 2 amide bonds. The lowest BCUT2D eigenvalue weighted by atomic mass is 9.99. The smallest absolute Gasteiger partial charge is 0.255 e. The van der Waals surface area contributed by atoms with E-state index in [0.717, 1.165) is 43.4 Å². The van der Waals surface area contributed by atoms with E-state index >= 15 is 0 Å². The van der Waals surface area contributed by atoms with Crippen LogP contribution in [0.15, 0.2) is 48.5 Å². The second-order valence-electron chi connectivity index (χ2n) is 8.35. The number of carbonyl (C=O) groups excluding carboxylic acids is 2. The van der Waals surface area contributed by atoms with Gasteiger partial charge in [0.05, 0.1) is 4.87 Å². The van der Waals surface area contributed by atoms with Crippen LogP contribution in [0.4, 0.5) is 4.39 Å². The minimum absolute atomic E-state index is 0.0582. The summed E-state index contributed by atoms with van der Waals surface area (Å²) in [5.41, 5.74) is 2.39. The van der Waals surface area contributed by atoms with Crippen LogP contribution in [0.25, 0.3) is 0 Å². The van der Waals surface area contributed by atoms with Gasteiger partial charge in [0.1, 0.15) is 5.82 Å². The van der Waals surface area contributed by atoms with Gasteiger partial charge in [-0.05, 0) is 61.6 Å². The summed E-state index contributed by atoms with van der Waals surface area (Å²) < 4.78 is 13.6. The Balaban J connectivity index is 1.41. The number of rotatable bonds is 5. The van der Waals surface area contributed by atoms with Crippen LogP contribution in [-0.4, -0.2) is 51.9 Å². The quantitative estimate of drug-likeness (QED) is 0.658. The van der Waals surface area contributed by atoms with Crippen molar-refractivity contribution in [3.05, 3.63) is 71.0 Å². The first-order chi connectivity index (χ1) is 15.0. The van der Waals surface area contributed by atoms with Gasteiger partial charge in [0.25, 0.3) is 11.8 Å². The van der Waals surface area contributed by atoms with Crippen LogP contribution >= 0.6 is 11.8 Å². The number of amides is 2. The fourth-order valence-corrected chi connectivity index (χ4v) is 5.98. The molecule has 2 saturated heterocycles. The van der Waals surface area contributed by atoms with Crippen molar-refractivity contribution in [2.24, 2.45) is 0 Å². The van der Waals surface area contributed by atoms with Crippen molar-refractivity contribution < 1.29 is 14.0 Å². The summed E-state index contributed by atoms with van der Waals surface area (Å²) in [6, 6.07) is 13.9. The molecule has 2 aliphatic heterocycles. The Hall–Kier alpha value is -2.34. The highest BCUT2D eigenvalue weighted by Gasteiger charge is 2.47. The van der Waals surface area contributed by atoms with Crippen LogP contribution in [0.5, 0.6) is 0 Å². The van der Waals surface area contributed by atoms with Crippen molar-refractivity contribution in [2.75, 3.05) is 25.4 Å². The van der Waals surface area contributed by atoms with E-state index in [1.54, 1.807) is 23.9 Å². The van der Waals surface area contributed by atoms with E-state index in [2.05, 4.69) is 19.1 Å². The topological polar surface area (TPSA) is 40.6 Å². The van der Waals surface area contributed by atoms with Gasteiger partial charge in [-0.1, -0.05) is 31.5 Å². The summed E-state index contributed by atoms with van der Waals surface area (Å²) >= 11 is 1.79. The Morgan fingerprint density at radius 3 is 2.42 bits per heavy atom. The van der Waals surface area contributed by atoms with E-state index < -0.39 is 5.82 Å². The number of nitrogens with zero attached hydrogens (tertiary/aromatic N) is 2. The molecule has 0 N–H and O–H groups in total. The van der Waals surface area contributed by atoms with Gasteiger partial charge in [-0.2, -0.15) is 0 Å². The van der Waals surface area contributed by atoms with Gasteiger partial charge in [-0.3, -0.25) is 9.59 Å². The Kier molecular flexibility index (Phi) is 6.65. The summed E-state index contributed by atoms with van der Waals surface area (Å²) in [5.74, 6) is 0.413. The fraction of sp³-hybridized carbons (Fsp3) is 0.440. The Labute approximate surface area is 187 Å². The predicted octanol–water partition coefficient (Wildman–Crippen LogP) is 4.99. The second kappa shape index (κ2) is 9.43. The average Bonchev–Trinajstić information content (AvgIpc) is 3.20. The molecule has 2 aromatic rings.